The van der Waals surface area contributed by atoms with Crippen LogP contribution in [0.15, 0.2) is 88.6 Å². The van der Waals surface area contributed by atoms with E-state index < -0.39 is 5.91 Å². The van der Waals surface area contributed by atoms with Gasteiger partial charge in [0.2, 0.25) is 0 Å². The summed E-state index contributed by atoms with van der Waals surface area (Å²) < 4.78 is 0.881. The van der Waals surface area contributed by atoms with Crippen molar-refractivity contribution in [3.8, 4) is 0 Å². The van der Waals surface area contributed by atoms with E-state index in [1.807, 2.05) is 30.5 Å². The maximum Gasteiger partial charge on any atom is 0.273 e. The lowest BCUT2D eigenvalue weighted by Gasteiger charge is -2.10. The summed E-state index contributed by atoms with van der Waals surface area (Å²) in [5.74, 6) is -0.720. The Hall–Kier alpha value is -3.71. The highest BCUT2D eigenvalue weighted by Crippen LogP contribution is 2.18. The fraction of sp³-hybridized carbons (Fsp3) is 0. The van der Waals surface area contributed by atoms with E-state index in [1.54, 1.807) is 54.7 Å². The zero-order chi connectivity index (χ0) is 20.9. The summed E-state index contributed by atoms with van der Waals surface area (Å²) in [6.07, 6.45) is 3.41. The quantitative estimate of drug-likeness (QED) is 0.290. The Labute approximate surface area is 181 Å². The summed E-state index contributed by atoms with van der Waals surface area (Å²) in [5, 5.41) is 7.86. The number of amides is 2. The van der Waals surface area contributed by atoms with Crippen LogP contribution in [-0.4, -0.2) is 23.0 Å². The Morgan fingerprint density at radius 2 is 1.63 bits per heavy atom. The predicted molar refractivity (Wildman–Crippen MR) is 122 cm³/mol. The summed E-state index contributed by atoms with van der Waals surface area (Å²) in [4.78, 5) is 28.3. The van der Waals surface area contributed by atoms with Gasteiger partial charge in [-0.25, -0.2) is 5.43 Å². The van der Waals surface area contributed by atoms with Crippen molar-refractivity contribution >= 4 is 50.5 Å². The van der Waals surface area contributed by atoms with E-state index in [2.05, 4.69) is 36.8 Å². The van der Waals surface area contributed by atoms with Gasteiger partial charge < -0.3 is 10.3 Å². The van der Waals surface area contributed by atoms with Gasteiger partial charge in [-0.1, -0.05) is 46.3 Å². The topological polar surface area (TPSA) is 86.3 Å². The lowest BCUT2D eigenvalue weighted by Crippen LogP contribution is -2.21. The Morgan fingerprint density at radius 1 is 0.900 bits per heavy atom. The number of hydrogen-bond acceptors (Lipinski definition) is 3. The van der Waals surface area contributed by atoms with Crippen molar-refractivity contribution in [1.82, 2.24) is 10.4 Å². The van der Waals surface area contributed by atoms with E-state index >= 15 is 0 Å². The Kier molecular flexibility index (Phi) is 5.72. The minimum atomic E-state index is -0.419. The van der Waals surface area contributed by atoms with Crippen LogP contribution in [0.2, 0.25) is 0 Å². The van der Waals surface area contributed by atoms with E-state index in [9.17, 15) is 9.59 Å². The first-order valence-corrected chi connectivity index (χ1v) is 9.96. The van der Waals surface area contributed by atoms with Gasteiger partial charge in [0.15, 0.2) is 0 Å². The van der Waals surface area contributed by atoms with Gasteiger partial charge in [-0.15, -0.1) is 0 Å². The second-order valence-electron chi connectivity index (χ2n) is 6.50. The molecule has 0 radical (unpaired) electrons. The average Bonchev–Trinajstić information content (AvgIpc) is 3.17. The van der Waals surface area contributed by atoms with E-state index in [-0.39, 0.29) is 5.91 Å². The van der Waals surface area contributed by atoms with E-state index in [0.29, 0.717) is 16.8 Å². The van der Waals surface area contributed by atoms with Crippen LogP contribution in [0.25, 0.3) is 10.9 Å². The molecule has 0 aliphatic rings. The van der Waals surface area contributed by atoms with Crippen LogP contribution in [-0.2, 0) is 0 Å². The van der Waals surface area contributed by atoms with Crippen LogP contribution in [0.5, 0.6) is 0 Å². The van der Waals surface area contributed by atoms with Crippen molar-refractivity contribution < 1.29 is 9.59 Å². The van der Waals surface area contributed by atoms with E-state index in [1.165, 1.54) is 0 Å². The molecule has 2 amide bonds. The molecular weight excluding hydrogens is 444 g/mol. The molecular formula is C23H17BrN4O2. The van der Waals surface area contributed by atoms with Crippen LogP contribution in [0.1, 0.15) is 26.3 Å². The summed E-state index contributed by atoms with van der Waals surface area (Å²) in [7, 11) is 0. The Morgan fingerprint density at radius 3 is 2.47 bits per heavy atom. The van der Waals surface area contributed by atoms with Gasteiger partial charge in [0.1, 0.15) is 0 Å². The minimum Gasteiger partial charge on any atom is -0.361 e. The molecule has 3 aromatic carbocycles. The van der Waals surface area contributed by atoms with Gasteiger partial charge in [-0.2, -0.15) is 5.10 Å². The molecule has 0 bridgehead atoms. The summed E-state index contributed by atoms with van der Waals surface area (Å²) in [5.41, 5.74) is 5.60. The van der Waals surface area contributed by atoms with Crippen LogP contribution < -0.4 is 10.7 Å². The van der Waals surface area contributed by atoms with Gasteiger partial charge in [-0.3, -0.25) is 9.59 Å². The number of carbonyl (C=O) groups excluding carboxylic acids is 2. The molecule has 7 heteroatoms. The lowest BCUT2D eigenvalue weighted by atomic mass is 10.1. The molecule has 6 nitrogen and oxygen atoms in total. The third-order valence-electron chi connectivity index (χ3n) is 4.52. The number of aromatic amines is 1. The third kappa shape index (κ3) is 4.31. The second kappa shape index (κ2) is 8.75. The largest absolute Gasteiger partial charge is 0.361 e. The number of para-hydroxylation sites is 2. The molecule has 0 spiro atoms. The number of H-pyrrole nitrogens is 1. The molecule has 30 heavy (non-hydrogen) atoms. The maximum atomic E-state index is 12.6. The highest BCUT2D eigenvalue weighted by atomic mass is 79.9. The first-order valence-electron chi connectivity index (χ1n) is 9.17. The number of rotatable bonds is 5. The number of nitrogens with one attached hydrogen (secondary N) is 3. The lowest BCUT2D eigenvalue weighted by molar-refractivity contribution is 0.0956. The molecule has 4 aromatic rings. The number of hydrogen-bond donors (Lipinski definition) is 3. The fourth-order valence-corrected chi connectivity index (χ4v) is 3.27. The number of hydrazone groups is 1. The second-order valence-corrected chi connectivity index (χ2v) is 7.41. The van der Waals surface area contributed by atoms with Crippen LogP contribution in [0.4, 0.5) is 5.69 Å². The number of aromatic nitrogens is 1. The maximum absolute atomic E-state index is 12.6. The van der Waals surface area contributed by atoms with Crippen LogP contribution >= 0.6 is 15.9 Å². The van der Waals surface area contributed by atoms with Gasteiger partial charge >= 0.3 is 0 Å². The van der Waals surface area contributed by atoms with Gasteiger partial charge in [-0.05, 0) is 42.5 Å². The average molecular weight is 461 g/mol. The molecule has 0 aliphatic carbocycles. The monoisotopic (exact) mass is 460 g/mol. The Bertz CT molecular complexity index is 1250. The minimum absolute atomic E-state index is 0.301. The first kappa shape index (κ1) is 19.6. The molecule has 0 saturated heterocycles. The number of anilines is 1. The van der Waals surface area contributed by atoms with Gasteiger partial charge in [0.25, 0.3) is 11.8 Å². The zero-order valence-electron chi connectivity index (χ0n) is 15.7. The summed E-state index contributed by atoms with van der Waals surface area (Å²) in [6.45, 7) is 0. The van der Waals surface area contributed by atoms with E-state index in [4.69, 9.17) is 0 Å². The molecule has 0 atom stereocenters. The van der Waals surface area contributed by atoms with Gasteiger partial charge in [0.05, 0.1) is 17.5 Å². The van der Waals surface area contributed by atoms with Crippen molar-refractivity contribution in [3.63, 3.8) is 0 Å². The molecule has 0 aliphatic heterocycles. The molecule has 148 valence electrons. The van der Waals surface area contributed by atoms with Crippen molar-refractivity contribution in [1.29, 1.82) is 0 Å². The number of nitrogens with zero attached hydrogens (tertiary/aromatic N) is 1. The molecule has 0 fully saturated rings. The predicted octanol–water partition coefficient (Wildman–Crippen LogP) is 4.95. The summed E-state index contributed by atoms with van der Waals surface area (Å²) >= 11 is 3.34. The number of fused-ring (bicyclic) bond motifs is 1. The normalized spacial score (nSPS) is 11.0. The van der Waals surface area contributed by atoms with Crippen LogP contribution in [0.3, 0.4) is 0 Å². The van der Waals surface area contributed by atoms with Crippen molar-refractivity contribution in [2.24, 2.45) is 5.10 Å². The van der Waals surface area contributed by atoms with Crippen molar-refractivity contribution in [2.75, 3.05) is 5.32 Å². The van der Waals surface area contributed by atoms with Crippen molar-refractivity contribution in [2.45, 2.75) is 0 Å². The smallest absolute Gasteiger partial charge is 0.273 e. The summed E-state index contributed by atoms with van der Waals surface area (Å²) in [6, 6.07) is 21.6. The molecule has 4 rings (SSSR count). The highest BCUT2D eigenvalue weighted by Gasteiger charge is 2.13. The molecule has 1 heterocycles. The third-order valence-corrected chi connectivity index (χ3v) is 5.05. The first-order chi connectivity index (χ1) is 14.6. The van der Waals surface area contributed by atoms with Crippen LogP contribution in [0, 0.1) is 0 Å². The standard InChI is InChI=1S/C23H17BrN4O2/c24-17-11-9-15(10-12-17)22(29)27-21-8-4-2-6-19(21)23(30)28-26-14-16-13-25-20-7-3-1-5-18(16)20/h1-14,25H,(H,27,29)(H,28,30)/b26-14+. The number of halogens is 1. The molecule has 3 N–H and O–H groups in total. The van der Waals surface area contributed by atoms with E-state index in [0.717, 1.165) is 20.9 Å². The fourth-order valence-electron chi connectivity index (χ4n) is 3.01. The zero-order valence-corrected chi connectivity index (χ0v) is 17.3. The van der Waals surface area contributed by atoms with Crippen molar-refractivity contribution in [3.05, 3.63) is 100 Å². The SMILES string of the molecule is O=C(Nc1ccccc1C(=O)N/N=C/c1c[nH]c2ccccc12)c1ccc(Br)cc1. The molecule has 1 aromatic heterocycles. The molecule has 0 saturated carbocycles. The Balaban J connectivity index is 1.48. The number of carbonyl (C=O) groups is 2. The highest BCUT2D eigenvalue weighted by molar-refractivity contribution is 9.10. The molecule has 0 unspecified atom stereocenters. The number of benzene rings is 3. The van der Waals surface area contributed by atoms with Gasteiger partial charge in [0, 0.05) is 32.7 Å².